The highest BCUT2D eigenvalue weighted by atomic mass is 16.2. The zero-order valence-electron chi connectivity index (χ0n) is 9.43. The van der Waals surface area contributed by atoms with Crippen molar-refractivity contribution in [3.05, 3.63) is 29.3 Å². The van der Waals surface area contributed by atoms with Crippen molar-refractivity contribution in [2.45, 2.75) is 19.9 Å². The third-order valence-electron chi connectivity index (χ3n) is 2.59. The standard InChI is InChI=1S/C12H10N2O3/c1-7(2)14-11(16)9-4-3-8(13-6-15)5-10(9)12(14)17/h3-5,7H,1-2H3. The summed E-state index contributed by atoms with van der Waals surface area (Å²) in [5.74, 6) is -0.649. The second-order valence-corrected chi connectivity index (χ2v) is 4.01. The van der Waals surface area contributed by atoms with E-state index >= 15 is 0 Å². The number of hydrogen-bond donors (Lipinski definition) is 0. The number of hydrogen-bond acceptors (Lipinski definition) is 4. The van der Waals surface area contributed by atoms with Gasteiger partial charge in [-0.15, -0.1) is 0 Å². The van der Waals surface area contributed by atoms with Gasteiger partial charge in [0.05, 0.1) is 16.8 Å². The van der Waals surface area contributed by atoms with Crippen LogP contribution < -0.4 is 0 Å². The van der Waals surface area contributed by atoms with Gasteiger partial charge >= 0.3 is 0 Å². The predicted octanol–water partition coefficient (Wildman–Crippen LogP) is 1.66. The third-order valence-corrected chi connectivity index (χ3v) is 2.59. The number of isocyanates is 1. The molecule has 0 radical (unpaired) electrons. The molecule has 1 aliphatic heterocycles. The Morgan fingerprint density at radius 3 is 2.41 bits per heavy atom. The Kier molecular flexibility index (Phi) is 2.61. The van der Waals surface area contributed by atoms with Crippen molar-refractivity contribution in [2.75, 3.05) is 0 Å². The molecule has 0 N–H and O–H groups in total. The Balaban J connectivity index is 2.54. The van der Waals surface area contributed by atoms with Crippen molar-refractivity contribution in [3.8, 4) is 0 Å². The molecule has 0 aromatic heterocycles. The molecule has 0 saturated heterocycles. The molecule has 1 aromatic carbocycles. The molecule has 0 aliphatic carbocycles. The van der Waals surface area contributed by atoms with Gasteiger partial charge in [-0.25, -0.2) is 4.79 Å². The van der Waals surface area contributed by atoms with Crippen LogP contribution in [-0.4, -0.2) is 28.8 Å². The van der Waals surface area contributed by atoms with Crippen LogP contribution in [0.25, 0.3) is 0 Å². The Hall–Kier alpha value is -2.26. The Bertz CT molecular complexity index is 557. The Morgan fingerprint density at radius 1 is 1.18 bits per heavy atom. The smallest absolute Gasteiger partial charge is 0.261 e. The van der Waals surface area contributed by atoms with Crippen LogP contribution >= 0.6 is 0 Å². The molecule has 1 aromatic rings. The van der Waals surface area contributed by atoms with Crippen LogP contribution in [0.15, 0.2) is 23.2 Å². The predicted molar refractivity (Wildman–Crippen MR) is 59.9 cm³/mol. The quantitative estimate of drug-likeness (QED) is 0.441. The number of carbonyl (C=O) groups is 2. The molecule has 0 spiro atoms. The molecule has 0 fully saturated rings. The SMILES string of the molecule is CC(C)N1C(=O)c2ccc(N=C=O)cc2C1=O. The highest BCUT2D eigenvalue weighted by Crippen LogP contribution is 2.27. The Labute approximate surface area is 97.8 Å². The molecule has 5 nitrogen and oxygen atoms in total. The molecule has 5 heteroatoms. The molecule has 1 heterocycles. The third kappa shape index (κ3) is 1.66. The van der Waals surface area contributed by atoms with Crippen LogP contribution in [0.5, 0.6) is 0 Å². The summed E-state index contributed by atoms with van der Waals surface area (Å²) in [6.45, 7) is 3.54. The van der Waals surface area contributed by atoms with E-state index in [2.05, 4.69) is 4.99 Å². The Morgan fingerprint density at radius 2 is 1.82 bits per heavy atom. The lowest BCUT2D eigenvalue weighted by molar-refractivity contribution is 0.0609. The first-order valence-corrected chi connectivity index (χ1v) is 5.16. The van der Waals surface area contributed by atoms with E-state index < -0.39 is 0 Å². The molecule has 0 unspecified atom stereocenters. The monoisotopic (exact) mass is 230 g/mol. The summed E-state index contributed by atoms with van der Waals surface area (Å²) in [4.78, 5) is 38.6. The minimum absolute atomic E-state index is 0.194. The van der Waals surface area contributed by atoms with E-state index in [1.54, 1.807) is 13.8 Å². The normalized spacial score (nSPS) is 13.9. The fourth-order valence-electron chi connectivity index (χ4n) is 1.84. The van der Waals surface area contributed by atoms with E-state index in [0.717, 1.165) is 0 Å². The second-order valence-electron chi connectivity index (χ2n) is 4.01. The van der Waals surface area contributed by atoms with Crippen LogP contribution in [0.4, 0.5) is 5.69 Å². The van der Waals surface area contributed by atoms with Gasteiger partial charge in [0.1, 0.15) is 0 Å². The van der Waals surface area contributed by atoms with Crippen LogP contribution in [0.3, 0.4) is 0 Å². The van der Waals surface area contributed by atoms with Crippen LogP contribution in [0.1, 0.15) is 34.6 Å². The van der Waals surface area contributed by atoms with Gasteiger partial charge in [-0.1, -0.05) is 0 Å². The summed E-state index contributed by atoms with van der Waals surface area (Å²) in [5.41, 5.74) is 0.972. The number of carbonyl (C=O) groups excluding carboxylic acids is 3. The zero-order valence-corrected chi connectivity index (χ0v) is 9.43. The maximum absolute atomic E-state index is 12.0. The first kappa shape index (κ1) is 11.2. The lowest BCUT2D eigenvalue weighted by Gasteiger charge is -2.17. The number of nitrogens with zero attached hydrogens (tertiary/aromatic N) is 2. The second kappa shape index (κ2) is 3.96. The molecule has 17 heavy (non-hydrogen) atoms. The summed E-state index contributed by atoms with van der Waals surface area (Å²) in [7, 11) is 0. The summed E-state index contributed by atoms with van der Waals surface area (Å²) in [5, 5.41) is 0. The van der Waals surface area contributed by atoms with E-state index in [9.17, 15) is 14.4 Å². The number of rotatable bonds is 2. The van der Waals surface area contributed by atoms with Crippen molar-refractivity contribution in [1.29, 1.82) is 0 Å². The molecular weight excluding hydrogens is 220 g/mol. The largest absolute Gasteiger partial charge is 0.272 e. The number of aliphatic imine (C=N–C) groups is 1. The molecule has 0 bridgehead atoms. The number of amides is 2. The maximum atomic E-state index is 12.0. The first-order valence-electron chi connectivity index (χ1n) is 5.16. The van der Waals surface area contributed by atoms with E-state index in [-0.39, 0.29) is 17.9 Å². The molecule has 0 saturated carbocycles. The summed E-state index contributed by atoms with van der Waals surface area (Å²) in [6.07, 6.45) is 1.40. The summed E-state index contributed by atoms with van der Waals surface area (Å²) < 4.78 is 0. The van der Waals surface area contributed by atoms with E-state index in [1.807, 2.05) is 0 Å². The van der Waals surface area contributed by atoms with Gasteiger partial charge in [-0.3, -0.25) is 14.5 Å². The lowest BCUT2D eigenvalue weighted by Crippen LogP contribution is -2.35. The number of imide groups is 1. The van der Waals surface area contributed by atoms with Gasteiger partial charge in [0, 0.05) is 6.04 Å². The van der Waals surface area contributed by atoms with Gasteiger partial charge in [-0.05, 0) is 32.0 Å². The molecule has 86 valence electrons. The van der Waals surface area contributed by atoms with Gasteiger partial charge < -0.3 is 0 Å². The highest BCUT2D eigenvalue weighted by molar-refractivity contribution is 6.21. The van der Waals surface area contributed by atoms with Crippen molar-refractivity contribution in [1.82, 2.24) is 4.90 Å². The molecular formula is C12H10N2O3. The summed E-state index contributed by atoms with van der Waals surface area (Å²) in [6, 6.07) is 4.26. The van der Waals surface area contributed by atoms with Crippen molar-refractivity contribution >= 4 is 23.6 Å². The van der Waals surface area contributed by atoms with Crippen molar-refractivity contribution in [3.63, 3.8) is 0 Å². The van der Waals surface area contributed by atoms with E-state index in [4.69, 9.17) is 0 Å². The average molecular weight is 230 g/mol. The molecule has 1 aliphatic rings. The van der Waals surface area contributed by atoms with E-state index in [0.29, 0.717) is 16.8 Å². The molecule has 0 atom stereocenters. The van der Waals surface area contributed by atoms with Crippen LogP contribution in [-0.2, 0) is 4.79 Å². The number of fused-ring (bicyclic) bond motifs is 1. The minimum Gasteiger partial charge on any atom is -0.272 e. The van der Waals surface area contributed by atoms with Gasteiger partial charge in [0.2, 0.25) is 6.08 Å². The van der Waals surface area contributed by atoms with Crippen LogP contribution in [0.2, 0.25) is 0 Å². The molecule has 2 rings (SSSR count). The highest BCUT2D eigenvalue weighted by Gasteiger charge is 2.37. The number of benzene rings is 1. The minimum atomic E-state index is -0.344. The van der Waals surface area contributed by atoms with E-state index in [1.165, 1.54) is 29.2 Å². The van der Waals surface area contributed by atoms with Crippen molar-refractivity contribution in [2.24, 2.45) is 4.99 Å². The molecule has 2 amide bonds. The topological polar surface area (TPSA) is 66.8 Å². The summed E-state index contributed by atoms with van der Waals surface area (Å²) >= 11 is 0. The van der Waals surface area contributed by atoms with Crippen molar-refractivity contribution < 1.29 is 14.4 Å². The average Bonchev–Trinajstić information content (AvgIpc) is 2.52. The van der Waals surface area contributed by atoms with Gasteiger partial charge in [0.25, 0.3) is 11.8 Å². The fraction of sp³-hybridized carbons (Fsp3) is 0.250. The first-order chi connectivity index (χ1) is 8.06. The zero-order chi connectivity index (χ0) is 12.6. The fourth-order valence-corrected chi connectivity index (χ4v) is 1.84. The van der Waals surface area contributed by atoms with Crippen LogP contribution in [0, 0.1) is 0 Å². The lowest BCUT2D eigenvalue weighted by atomic mass is 10.1. The maximum Gasteiger partial charge on any atom is 0.261 e. The van der Waals surface area contributed by atoms with Gasteiger partial charge in [-0.2, -0.15) is 4.99 Å². The van der Waals surface area contributed by atoms with Gasteiger partial charge in [0.15, 0.2) is 0 Å².